The maximum Gasteiger partial charge on any atom is 0.329 e. The Balaban J connectivity index is 1.82. The molecular weight excluding hydrogens is 254 g/mol. The van der Waals surface area contributed by atoms with Gasteiger partial charge in [0.15, 0.2) is 0 Å². The maximum absolute atomic E-state index is 11.9. The van der Waals surface area contributed by atoms with E-state index in [9.17, 15) is 9.59 Å². The molecular formula is C15H19N3O2. The first kappa shape index (κ1) is 14.2. The molecule has 20 heavy (non-hydrogen) atoms. The highest BCUT2D eigenvalue weighted by atomic mass is 16.2. The molecule has 0 aliphatic carbocycles. The predicted octanol–water partition coefficient (Wildman–Crippen LogP) is 1.40. The lowest BCUT2D eigenvalue weighted by atomic mass is 9.99. The number of piperidine rings is 1. The zero-order chi connectivity index (χ0) is 14.4. The molecule has 1 aliphatic heterocycles. The van der Waals surface area contributed by atoms with E-state index in [1.54, 1.807) is 4.90 Å². The lowest BCUT2D eigenvalue weighted by molar-refractivity contribution is -0.146. The molecule has 1 aromatic carbocycles. The van der Waals surface area contributed by atoms with Crippen molar-refractivity contribution in [2.24, 2.45) is 11.0 Å². The number of carbonyl (C=O) groups is 2. The Bertz CT molecular complexity index is 491. The second kappa shape index (κ2) is 6.84. The van der Waals surface area contributed by atoms with Gasteiger partial charge in [-0.1, -0.05) is 37.3 Å². The van der Waals surface area contributed by atoms with Crippen molar-refractivity contribution in [2.75, 3.05) is 13.1 Å². The second-order valence-corrected chi connectivity index (χ2v) is 5.08. The van der Waals surface area contributed by atoms with Gasteiger partial charge in [-0.2, -0.15) is 5.10 Å². The van der Waals surface area contributed by atoms with Gasteiger partial charge in [-0.3, -0.25) is 9.59 Å². The molecule has 0 atom stereocenters. The minimum atomic E-state index is -0.674. The number of nitrogens with one attached hydrogen (secondary N) is 1. The van der Waals surface area contributed by atoms with E-state index in [0.29, 0.717) is 19.0 Å². The van der Waals surface area contributed by atoms with Crippen LogP contribution in [0, 0.1) is 5.92 Å². The number of hydrogen-bond donors (Lipinski definition) is 1. The third-order valence-corrected chi connectivity index (χ3v) is 3.44. The normalized spacial score (nSPS) is 16.4. The highest BCUT2D eigenvalue weighted by molar-refractivity contribution is 6.35. The van der Waals surface area contributed by atoms with Gasteiger partial charge in [0.25, 0.3) is 0 Å². The summed E-state index contributed by atoms with van der Waals surface area (Å²) < 4.78 is 0. The Morgan fingerprint density at radius 1 is 1.25 bits per heavy atom. The second-order valence-electron chi connectivity index (χ2n) is 5.08. The van der Waals surface area contributed by atoms with Crippen molar-refractivity contribution in [3.63, 3.8) is 0 Å². The number of rotatable bonds is 2. The number of nitrogens with zero attached hydrogens (tertiary/aromatic N) is 2. The molecule has 1 N–H and O–H groups in total. The van der Waals surface area contributed by atoms with E-state index < -0.39 is 11.8 Å². The molecule has 106 valence electrons. The van der Waals surface area contributed by atoms with Crippen LogP contribution >= 0.6 is 0 Å². The van der Waals surface area contributed by atoms with Gasteiger partial charge >= 0.3 is 11.8 Å². The molecule has 1 fully saturated rings. The molecule has 0 unspecified atom stereocenters. The first-order valence-electron chi connectivity index (χ1n) is 6.84. The Morgan fingerprint density at radius 2 is 1.90 bits per heavy atom. The Labute approximate surface area is 118 Å². The van der Waals surface area contributed by atoms with E-state index in [1.807, 2.05) is 30.3 Å². The third kappa shape index (κ3) is 3.91. The fourth-order valence-corrected chi connectivity index (χ4v) is 2.11. The summed E-state index contributed by atoms with van der Waals surface area (Å²) in [6.45, 7) is 3.46. The zero-order valence-corrected chi connectivity index (χ0v) is 11.6. The summed E-state index contributed by atoms with van der Waals surface area (Å²) in [4.78, 5) is 25.2. The topological polar surface area (TPSA) is 61.8 Å². The van der Waals surface area contributed by atoms with Crippen LogP contribution in [0.2, 0.25) is 0 Å². The number of likely N-dealkylation sites (tertiary alicyclic amines) is 1. The summed E-state index contributed by atoms with van der Waals surface area (Å²) in [5.74, 6) is -0.549. The Hall–Kier alpha value is -2.17. The average Bonchev–Trinajstić information content (AvgIpc) is 2.48. The van der Waals surface area contributed by atoms with Crippen molar-refractivity contribution in [3.8, 4) is 0 Å². The minimum absolute atomic E-state index is 0.498. The molecule has 0 saturated carbocycles. The van der Waals surface area contributed by atoms with Gasteiger partial charge in [0.1, 0.15) is 0 Å². The molecule has 0 bridgehead atoms. The number of hydrogen-bond acceptors (Lipinski definition) is 3. The van der Waals surface area contributed by atoms with Gasteiger partial charge in [-0.15, -0.1) is 0 Å². The Kier molecular flexibility index (Phi) is 4.87. The van der Waals surface area contributed by atoms with Gasteiger partial charge in [0.2, 0.25) is 0 Å². The maximum atomic E-state index is 11.9. The number of hydrazone groups is 1. The van der Waals surface area contributed by atoms with Gasteiger partial charge < -0.3 is 4.90 Å². The van der Waals surface area contributed by atoms with E-state index in [4.69, 9.17) is 0 Å². The fourth-order valence-electron chi connectivity index (χ4n) is 2.11. The van der Waals surface area contributed by atoms with E-state index in [2.05, 4.69) is 17.5 Å². The van der Waals surface area contributed by atoms with Crippen LogP contribution in [0.25, 0.3) is 0 Å². The number of amides is 2. The zero-order valence-electron chi connectivity index (χ0n) is 11.6. The SMILES string of the molecule is CC1CCN(C(=O)C(=O)NN=Cc2ccccc2)CC1. The van der Waals surface area contributed by atoms with Crippen LogP contribution in [0.3, 0.4) is 0 Å². The summed E-state index contributed by atoms with van der Waals surface area (Å²) in [6.07, 6.45) is 3.42. The van der Waals surface area contributed by atoms with Crippen molar-refractivity contribution < 1.29 is 9.59 Å². The van der Waals surface area contributed by atoms with Crippen molar-refractivity contribution in [1.29, 1.82) is 0 Å². The molecule has 1 heterocycles. The summed E-state index contributed by atoms with van der Waals surface area (Å²) in [5.41, 5.74) is 3.15. The molecule has 0 spiro atoms. The number of carbonyl (C=O) groups excluding carboxylic acids is 2. The Morgan fingerprint density at radius 3 is 2.55 bits per heavy atom. The first-order chi connectivity index (χ1) is 9.66. The molecule has 2 amide bonds. The van der Waals surface area contributed by atoms with Crippen LogP contribution in [0.4, 0.5) is 0 Å². The molecule has 0 radical (unpaired) electrons. The van der Waals surface area contributed by atoms with Gasteiger partial charge in [0.05, 0.1) is 6.21 Å². The smallest absolute Gasteiger partial charge is 0.329 e. The predicted molar refractivity (Wildman–Crippen MR) is 77.2 cm³/mol. The molecule has 5 nitrogen and oxygen atoms in total. The van der Waals surface area contributed by atoms with Crippen LogP contribution in [0.15, 0.2) is 35.4 Å². The first-order valence-corrected chi connectivity index (χ1v) is 6.84. The quantitative estimate of drug-likeness (QED) is 0.503. The third-order valence-electron chi connectivity index (χ3n) is 3.44. The molecule has 1 aromatic rings. The van der Waals surface area contributed by atoms with Crippen molar-refractivity contribution in [1.82, 2.24) is 10.3 Å². The summed E-state index contributed by atoms with van der Waals surface area (Å²) >= 11 is 0. The van der Waals surface area contributed by atoms with Crippen LogP contribution in [-0.2, 0) is 9.59 Å². The summed E-state index contributed by atoms with van der Waals surface area (Å²) in [6, 6.07) is 9.39. The van der Waals surface area contributed by atoms with Crippen LogP contribution < -0.4 is 5.43 Å². The van der Waals surface area contributed by atoms with Gasteiger partial charge in [-0.25, -0.2) is 5.43 Å². The lowest BCUT2D eigenvalue weighted by Gasteiger charge is -2.29. The highest BCUT2D eigenvalue weighted by Crippen LogP contribution is 2.15. The van der Waals surface area contributed by atoms with Crippen molar-refractivity contribution in [3.05, 3.63) is 35.9 Å². The fraction of sp³-hybridized carbons (Fsp3) is 0.400. The molecule has 1 saturated heterocycles. The molecule has 5 heteroatoms. The summed E-state index contributed by atoms with van der Waals surface area (Å²) in [5, 5.41) is 3.80. The molecule has 2 rings (SSSR count). The molecule has 1 aliphatic rings. The standard InChI is InChI=1S/C15H19N3O2/c1-12-7-9-18(10-8-12)15(20)14(19)17-16-11-13-5-3-2-4-6-13/h2-6,11-12H,7-10H2,1H3,(H,17,19). The van der Waals surface area contributed by atoms with Crippen LogP contribution in [0.1, 0.15) is 25.3 Å². The van der Waals surface area contributed by atoms with E-state index in [1.165, 1.54) is 6.21 Å². The van der Waals surface area contributed by atoms with Crippen LogP contribution in [-0.4, -0.2) is 36.0 Å². The lowest BCUT2D eigenvalue weighted by Crippen LogP contribution is -2.45. The van der Waals surface area contributed by atoms with E-state index >= 15 is 0 Å². The van der Waals surface area contributed by atoms with Gasteiger partial charge in [-0.05, 0) is 24.3 Å². The highest BCUT2D eigenvalue weighted by Gasteiger charge is 2.25. The minimum Gasteiger partial charge on any atom is -0.334 e. The van der Waals surface area contributed by atoms with Crippen LogP contribution in [0.5, 0.6) is 0 Å². The van der Waals surface area contributed by atoms with E-state index in [-0.39, 0.29) is 0 Å². The summed E-state index contributed by atoms with van der Waals surface area (Å²) in [7, 11) is 0. The van der Waals surface area contributed by atoms with E-state index in [0.717, 1.165) is 18.4 Å². The van der Waals surface area contributed by atoms with Gasteiger partial charge in [0, 0.05) is 13.1 Å². The molecule has 0 aromatic heterocycles. The average molecular weight is 273 g/mol. The van der Waals surface area contributed by atoms with Crippen molar-refractivity contribution >= 4 is 18.0 Å². The monoisotopic (exact) mass is 273 g/mol. The largest absolute Gasteiger partial charge is 0.334 e. The van der Waals surface area contributed by atoms with Crippen molar-refractivity contribution in [2.45, 2.75) is 19.8 Å². The number of benzene rings is 1.